The summed E-state index contributed by atoms with van der Waals surface area (Å²) in [6.45, 7) is 1.25. The van der Waals surface area contributed by atoms with Gasteiger partial charge in [0.25, 0.3) is 0 Å². The average molecular weight is 377 g/mol. The van der Waals surface area contributed by atoms with Crippen LogP contribution in [0.1, 0.15) is 5.56 Å². The Hall–Kier alpha value is -1.41. The summed E-state index contributed by atoms with van der Waals surface area (Å²) in [4.78, 5) is 0. The molecular formula is C14H15Cl2FN4OS. The minimum absolute atomic E-state index is 0.163. The Kier molecular flexibility index (Phi) is 6.59. The molecule has 0 saturated carbocycles. The molecule has 1 aromatic heterocycles. The first-order chi connectivity index (χ1) is 11.0. The molecule has 0 saturated heterocycles. The van der Waals surface area contributed by atoms with Crippen LogP contribution in [0.3, 0.4) is 0 Å². The van der Waals surface area contributed by atoms with Crippen LogP contribution in [0.25, 0.3) is 0 Å². The van der Waals surface area contributed by atoms with Crippen LogP contribution in [-0.2, 0) is 11.3 Å². The Morgan fingerprint density at radius 3 is 2.87 bits per heavy atom. The van der Waals surface area contributed by atoms with Crippen molar-refractivity contribution >= 4 is 46.4 Å². The average Bonchev–Trinajstić information content (AvgIpc) is 2.83. The molecule has 0 unspecified atom stereocenters. The number of aromatic nitrogens is 2. The van der Waals surface area contributed by atoms with Crippen LogP contribution in [-0.4, -0.2) is 35.2 Å². The van der Waals surface area contributed by atoms with Crippen LogP contribution in [0.4, 0.5) is 10.2 Å². The molecule has 0 atom stereocenters. The van der Waals surface area contributed by atoms with Gasteiger partial charge in [-0.05, 0) is 24.4 Å². The van der Waals surface area contributed by atoms with E-state index in [-0.39, 0.29) is 6.54 Å². The molecule has 0 spiro atoms. The highest BCUT2D eigenvalue weighted by atomic mass is 35.5. The van der Waals surface area contributed by atoms with Gasteiger partial charge in [0.05, 0.1) is 13.2 Å². The molecule has 5 nitrogen and oxygen atoms in total. The molecule has 1 aromatic carbocycles. The maximum absolute atomic E-state index is 13.8. The number of benzene rings is 1. The fraction of sp³-hybridized carbons (Fsp3) is 0.286. The van der Waals surface area contributed by atoms with E-state index in [0.717, 1.165) is 0 Å². The molecule has 23 heavy (non-hydrogen) atoms. The van der Waals surface area contributed by atoms with Gasteiger partial charge in [-0.1, -0.05) is 29.3 Å². The van der Waals surface area contributed by atoms with E-state index in [9.17, 15) is 4.39 Å². The molecule has 0 aliphatic heterocycles. The quantitative estimate of drug-likeness (QED) is 0.598. The molecule has 0 fully saturated rings. The third-order valence-corrected chi connectivity index (χ3v) is 3.80. The lowest BCUT2D eigenvalue weighted by molar-refractivity contribution is 0.204. The Balaban J connectivity index is 2.05. The second-order valence-corrected chi connectivity index (χ2v) is 5.82. The van der Waals surface area contributed by atoms with Gasteiger partial charge in [-0.25, -0.2) is 4.39 Å². The van der Waals surface area contributed by atoms with Crippen LogP contribution in [0.5, 0.6) is 0 Å². The summed E-state index contributed by atoms with van der Waals surface area (Å²) in [5.41, 5.74) is 0.348. The predicted molar refractivity (Wildman–Crippen MR) is 93.8 cm³/mol. The molecule has 1 heterocycles. The standard InChI is InChI=1S/C14H15Cl2FN4OS/c1-22-6-5-18-14(23)19-13-11(16)8-21(20-13)7-9-10(15)3-2-4-12(9)17/h2-4,8H,5-7H2,1H3,(H2,18,19,20,23). The van der Waals surface area contributed by atoms with Crippen molar-refractivity contribution in [2.45, 2.75) is 6.54 Å². The number of nitrogens with zero attached hydrogens (tertiary/aromatic N) is 2. The third kappa shape index (κ3) is 5.04. The summed E-state index contributed by atoms with van der Waals surface area (Å²) in [6, 6.07) is 4.52. The van der Waals surface area contributed by atoms with Gasteiger partial charge in [0, 0.05) is 30.4 Å². The SMILES string of the molecule is COCCNC(=S)Nc1nn(Cc2c(F)cccc2Cl)cc1Cl. The number of thiocarbonyl (C=S) groups is 1. The maximum Gasteiger partial charge on any atom is 0.173 e. The van der Waals surface area contributed by atoms with E-state index < -0.39 is 5.82 Å². The van der Waals surface area contributed by atoms with Crippen molar-refractivity contribution in [2.75, 3.05) is 25.6 Å². The second kappa shape index (κ2) is 8.44. The Labute approximate surface area is 148 Å². The predicted octanol–water partition coefficient (Wildman–Crippen LogP) is 3.31. The van der Waals surface area contributed by atoms with Gasteiger partial charge in [-0.15, -0.1) is 0 Å². The minimum atomic E-state index is -0.393. The zero-order valence-electron chi connectivity index (χ0n) is 12.3. The smallest absolute Gasteiger partial charge is 0.173 e. The zero-order valence-corrected chi connectivity index (χ0v) is 14.6. The normalized spacial score (nSPS) is 10.6. The zero-order chi connectivity index (χ0) is 16.8. The molecule has 0 amide bonds. The molecule has 0 aliphatic rings. The first-order valence-electron chi connectivity index (χ1n) is 6.71. The molecule has 2 N–H and O–H groups in total. The number of methoxy groups -OCH3 is 1. The van der Waals surface area contributed by atoms with E-state index >= 15 is 0 Å². The van der Waals surface area contributed by atoms with Gasteiger partial charge in [-0.2, -0.15) is 5.10 Å². The lowest BCUT2D eigenvalue weighted by Crippen LogP contribution is -2.31. The first kappa shape index (κ1) is 17.9. The summed E-state index contributed by atoms with van der Waals surface area (Å²) in [5, 5.41) is 11.1. The molecule has 9 heteroatoms. The van der Waals surface area contributed by atoms with E-state index in [1.165, 1.54) is 10.7 Å². The van der Waals surface area contributed by atoms with E-state index in [1.807, 2.05) is 0 Å². The van der Waals surface area contributed by atoms with Crippen LogP contribution in [0.2, 0.25) is 10.0 Å². The lowest BCUT2D eigenvalue weighted by atomic mass is 10.2. The van der Waals surface area contributed by atoms with E-state index in [0.29, 0.717) is 39.7 Å². The fourth-order valence-electron chi connectivity index (χ4n) is 1.83. The first-order valence-corrected chi connectivity index (χ1v) is 7.87. The molecule has 0 bridgehead atoms. The summed E-state index contributed by atoms with van der Waals surface area (Å²) < 4.78 is 20.2. The van der Waals surface area contributed by atoms with Gasteiger partial charge in [0.2, 0.25) is 0 Å². The second-order valence-electron chi connectivity index (χ2n) is 4.60. The lowest BCUT2D eigenvalue weighted by Gasteiger charge is -2.08. The van der Waals surface area contributed by atoms with Crippen LogP contribution in [0.15, 0.2) is 24.4 Å². The summed E-state index contributed by atoms with van der Waals surface area (Å²) >= 11 is 17.2. The van der Waals surface area contributed by atoms with E-state index in [1.54, 1.807) is 25.4 Å². The van der Waals surface area contributed by atoms with Crippen molar-refractivity contribution < 1.29 is 9.13 Å². The van der Waals surface area contributed by atoms with Crippen molar-refractivity contribution in [3.05, 3.63) is 45.8 Å². The Morgan fingerprint density at radius 2 is 2.17 bits per heavy atom. The van der Waals surface area contributed by atoms with Crippen LogP contribution < -0.4 is 10.6 Å². The number of hydrogen-bond donors (Lipinski definition) is 2. The number of ether oxygens (including phenoxy) is 1. The van der Waals surface area contributed by atoms with Gasteiger partial charge < -0.3 is 15.4 Å². The van der Waals surface area contributed by atoms with Crippen LogP contribution >= 0.6 is 35.4 Å². The highest BCUT2D eigenvalue weighted by Gasteiger charge is 2.12. The number of halogens is 3. The van der Waals surface area contributed by atoms with Crippen molar-refractivity contribution in [3.63, 3.8) is 0 Å². The molecule has 124 valence electrons. The third-order valence-electron chi connectivity index (χ3n) is 2.92. The highest BCUT2D eigenvalue weighted by molar-refractivity contribution is 7.80. The number of hydrogen-bond acceptors (Lipinski definition) is 3. The van der Waals surface area contributed by atoms with Crippen molar-refractivity contribution in [3.8, 4) is 0 Å². The summed E-state index contributed by atoms with van der Waals surface area (Å²) in [7, 11) is 1.60. The number of anilines is 1. The van der Waals surface area contributed by atoms with Gasteiger partial charge >= 0.3 is 0 Å². The largest absolute Gasteiger partial charge is 0.383 e. The maximum atomic E-state index is 13.8. The fourth-order valence-corrected chi connectivity index (χ4v) is 2.45. The minimum Gasteiger partial charge on any atom is -0.383 e. The molecule has 0 aliphatic carbocycles. The molecule has 2 rings (SSSR count). The van der Waals surface area contributed by atoms with E-state index in [2.05, 4.69) is 15.7 Å². The van der Waals surface area contributed by atoms with E-state index in [4.69, 9.17) is 40.2 Å². The Bertz CT molecular complexity index is 675. The molecule has 2 aromatic rings. The summed E-state index contributed by atoms with van der Waals surface area (Å²) in [6.07, 6.45) is 1.57. The van der Waals surface area contributed by atoms with Gasteiger partial charge in [0.15, 0.2) is 10.9 Å². The van der Waals surface area contributed by atoms with Crippen molar-refractivity contribution in [1.82, 2.24) is 15.1 Å². The van der Waals surface area contributed by atoms with Crippen molar-refractivity contribution in [2.24, 2.45) is 0 Å². The number of nitrogens with one attached hydrogen (secondary N) is 2. The number of rotatable bonds is 6. The van der Waals surface area contributed by atoms with Gasteiger partial charge in [0.1, 0.15) is 10.8 Å². The Morgan fingerprint density at radius 1 is 1.39 bits per heavy atom. The van der Waals surface area contributed by atoms with Crippen LogP contribution in [0, 0.1) is 5.82 Å². The molecule has 0 radical (unpaired) electrons. The summed E-state index contributed by atoms with van der Waals surface area (Å²) in [5.74, 6) is -0.00979. The highest BCUT2D eigenvalue weighted by Crippen LogP contribution is 2.23. The monoisotopic (exact) mass is 376 g/mol. The topological polar surface area (TPSA) is 51.1 Å². The van der Waals surface area contributed by atoms with Crippen molar-refractivity contribution in [1.29, 1.82) is 0 Å². The molecular weight excluding hydrogens is 362 g/mol. The van der Waals surface area contributed by atoms with Gasteiger partial charge in [-0.3, -0.25) is 4.68 Å².